The van der Waals surface area contributed by atoms with Crippen LogP contribution in [0.3, 0.4) is 0 Å². The number of fused-ring (bicyclic) bond motifs is 5. The van der Waals surface area contributed by atoms with Crippen LogP contribution in [0.2, 0.25) is 0 Å². The standard InChI is InChI=1S/C29H48O4/c1-28-15-13-21(32-26-7-3-5-17-30-26)19-20(28)9-10-22-23-11-12-25(29(23,2)16-14-24(22)28)33-27-8-4-6-18-31-27/h20-27H,3-19H2,1-2H3/t20?,21?,22-,23-,24-,25?,26?,27?,28-,29-/m0/s1. The Kier molecular flexibility index (Phi) is 6.60. The summed E-state index contributed by atoms with van der Waals surface area (Å²) in [6.07, 6.45) is 20.2. The molecule has 0 radical (unpaired) electrons. The maximum atomic E-state index is 6.67. The van der Waals surface area contributed by atoms with E-state index in [9.17, 15) is 0 Å². The summed E-state index contributed by atoms with van der Waals surface area (Å²) in [7, 11) is 0. The summed E-state index contributed by atoms with van der Waals surface area (Å²) in [4.78, 5) is 0. The lowest BCUT2D eigenvalue weighted by Crippen LogP contribution is -2.55. The van der Waals surface area contributed by atoms with Gasteiger partial charge in [0.1, 0.15) is 0 Å². The quantitative estimate of drug-likeness (QED) is 0.430. The first-order valence-corrected chi connectivity index (χ1v) is 14.6. The average molecular weight is 461 g/mol. The van der Waals surface area contributed by atoms with Crippen molar-refractivity contribution >= 4 is 0 Å². The van der Waals surface area contributed by atoms with Crippen LogP contribution in [0.25, 0.3) is 0 Å². The Morgan fingerprint density at radius 1 is 0.636 bits per heavy atom. The molecule has 4 nitrogen and oxygen atoms in total. The van der Waals surface area contributed by atoms with Gasteiger partial charge in [0.05, 0.1) is 12.2 Å². The highest BCUT2D eigenvalue weighted by molar-refractivity contribution is 5.10. The first kappa shape index (κ1) is 23.3. The van der Waals surface area contributed by atoms with Gasteiger partial charge in [-0.25, -0.2) is 0 Å². The molecule has 4 aliphatic carbocycles. The molecule has 2 aliphatic heterocycles. The third-order valence-electron chi connectivity index (χ3n) is 11.5. The van der Waals surface area contributed by atoms with E-state index in [0.29, 0.717) is 23.0 Å². The molecule has 188 valence electrons. The Balaban J connectivity index is 1.11. The van der Waals surface area contributed by atoms with E-state index in [-0.39, 0.29) is 12.6 Å². The maximum Gasteiger partial charge on any atom is 0.157 e. The topological polar surface area (TPSA) is 36.9 Å². The zero-order chi connectivity index (χ0) is 22.5. The summed E-state index contributed by atoms with van der Waals surface area (Å²) in [6.45, 7) is 7.03. The molecule has 0 aromatic carbocycles. The molecule has 6 aliphatic rings. The van der Waals surface area contributed by atoms with Crippen LogP contribution < -0.4 is 0 Å². The van der Waals surface area contributed by atoms with Crippen molar-refractivity contribution in [3.63, 3.8) is 0 Å². The van der Waals surface area contributed by atoms with Crippen molar-refractivity contribution < 1.29 is 18.9 Å². The van der Waals surface area contributed by atoms with Gasteiger partial charge in [0, 0.05) is 13.2 Å². The van der Waals surface area contributed by atoms with E-state index in [1.807, 2.05) is 0 Å². The van der Waals surface area contributed by atoms with Crippen molar-refractivity contribution in [2.24, 2.45) is 34.5 Å². The highest BCUT2D eigenvalue weighted by Gasteiger charge is 2.61. The van der Waals surface area contributed by atoms with Gasteiger partial charge in [-0.15, -0.1) is 0 Å². The van der Waals surface area contributed by atoms with E-state index in [0.717, 1.165) is 49.7 Å². The van der Waals surface area contributed by atoms with Gasteiger partial charge in [-0.2, -0.15) is 0 Å². The fourth-order valence-electron chi connectivity index (χ4n) is 9.55. The third-order valence-corrected chi connectivity index (χ3v) is 11.5. The second kappa shape index (κ2) is 9.37. The average Bonchev–Trinajstić information content (AvgIpc) is 3.17. The predicted octanol–water partition coefficient (Wildman–Crippen LogP) is 6.85. The second-order valence-corrected chi connectivity index (χ2v) is 13.0. The summed E-state index contributed by atoms with van der Waals surface area (Å²) in [5, 5.41) is 0. The summed E-state index contributed by atoms with van der Waals surface area (Å²) in [5.41, 5.74) is 0.882. The fraction of sp³-hybridized carbons (Fsp3) is 1.00. The summed E-state index contributed by atoms with van der Waals surface area (Å²) in [5.74, 6) is 3.51. The van der Waals surface area contributed by atoms with E-state index < -0.39 is 0 Å². The Labute approximate surface area is 201 Å². The minimum Gasteiger partial charge on any atom is -0.353 e. The van der Waals surface area contributed by atoms with Crippen LogP contribution in [-0.2, 0) is 18.9 Å². The Morgan fingerprint density at radius 3 is 2.06 bits per heavy atom. The molecule has 2 heterocycles. The van der Waals surface area contributed by atoms with Crippen molar-refractivity contribution in [3.05, 3.63) is 0 Å². The molecule has 33 heavy (non-hydrogen) atoms. The zero-order valence-corrected chi connectivity index (χ0v) is 21.3. The Morgan fingerprint density at radius 2 is 1.33 bits per heavy atom. The van der Waals surface area contributed by atoms with Crippen LogP contribution in [0.4, 0.5) is 0 Å². The SMILES string of the molecule is C[C@]12CCC(OC3CCCCO3)CC1CC[C@@H]1[C@@H]2CC[C@]2(C)C(OC3CCCCO3)CC[C@@H]12. The lowest BCUT2D eigenvalue weighted by molar-refractivity contribution is -0.225. The van der Waals surface area contributed by atoms with Gasteiger partial charge >= 0.3 is 0 Å². The molecule has 5 unspecified atom stereocenters. The van der Waals surface area contributed by atoms with Gasteiger partial charge in [0.2, 0.25) is 0 Å². The van der Waals surface area contributed by atoms with E-state index in [1.165, 1.54) is 83.5 Å². The van der Waals surface area contributed by atoms with E-state index in [1.54, 1.807) is 0 Å². The van der Waals surface area contributed by atoms with Gasteiger partial charge in [0.15, 0.2) is 12.6 Å². The van der Waals surface area contributed by atoms with Crippen LogP contribution >= 0.6 is 0 Å². The number of hydrogen-bond acceptors (Lipinski definition) is 4. The molecular formula is C29H48O4. The van der Waals surface area contributed by atoms with Crippen LogP contribution in [0, 0.1) is 34.5 Å². The number of ether oxygens (including phenoxy) is 4. The lowest BCUT2D eigenvalue weighted by Gasteiger charge is -2.61. The van der Waals surface area contributed by atoms with Gasteiger partial charge in [-0.3, -0.25) is 0 Å². The zero-order valence-electron chi connectivity index (χ0n) is 21.3. The lowest BCUT2D eigenvalue weighted by atomic mass is 9.45. The number of rotatable bonds is 4. The van der Waals surface area contributed by atoms with Crippen molar-refractivity contribution in [2.45, 2.75) is 135 Å². The Hall–Kier alpha value is -0.160. The fourth-order valence-corrected chi connectivity index (χ4v) is 9.55. The van der Waals surface area contributed by atoms with E-state index in [4.69, 9.17) is 18.9 Å². The molecule has 2 saturated heterocycles. The van der Waals surface area contributed by atoms with Gasteiger partial charge < -0.3 is 18.9 Å². The molecular weight excluding hydrogens is 412 g/mol. The molecule has 0 bridgehead atoms. The minimum atomic E-state index is 0.0636. The molecule has 6 fully saturated rings. The minimum absolute atomic E-state index is 0.0636. The van der Waals surface area contributed by atoms with Crippen molar-refractivity contribution in [2.75, 3.05) is 13.2 Å². The maximum absolute atomic E-state index is 6.67. The Bertz CT molecular complexity index is 671. The predicted molar refractivity (Wildman–Crippen MR) is 129 cm³/mol. The second-order valence-electron chi connectivity index (χ2n) is 13.0. The van der Waals surface area contributed by atoms with Crippen molar-refractivity contribution in [1.29, 1.82) is 0 Å². The third kappa shape index (κ3) is 4.23. The molecule has 0 aromatic rings. The summed E-state index contributed by atoms with van der Waals surface area (Å²) in [6, 6.07) is 0. The molecule has 0 aromatic heterocycles. The van der Waals surface area contributed by atoms with Crippen LogP contribution in [0.1, 0.15) is 110 Å². The van der Waals surface area contributed by atoms with Crippen LogP contribution in [-0.4, -0.2) is 38.0 Å². The molecule has 6 rings (SSSR count). The highest BCUT2D eigenvalue weighted by atomic mass is 16.7. The van der Waals surface area contributed by atoms with Crippen LogP contribution in [0.5, 0.6) is 0 Å². The summed E-state index contributed by atoms with van der Waals surface area (Å²) >= 11 is 0. The van der Waals surface area contributed by atoms with Crippen LogP contribution in [0.15, 0.2) is 0 Å². The van der Waals surface area contributed by atoms with E-state index in [2.05, 4.69) is 13.8 Å². The highest BCUT2D eigenvalue weighted by Crippen LogP contribution is 2.66. The molecule has 0 N–H and O–H groups in total. The molecule has 10 atom stereocenters. The molecule has 0 amide bonds. The summed E-state index contributed by atoms with van der Waals surface area (Å²) < 4.78 is 25.0. The van der Waals surface area contributed by atoms with Crippen molar-refractivity contribution in [3.8, 4) is 0 Å². The smallest absolute Gasteiger partial charge is 0.157 e. The number of hydrogen-bond donors (Lipinski definition) is 0. The molecule has 4 heteroatoms. The molecule has 0 spiro atoms. The monoisotopic (exact) mass is 460 g/mol. The van der Waals surface area contributed by atoms with E-state index >= 15 is 0 Å². The van der Waals surface area contributed by atoms with Gasteiger partial charge in [0.25, 0.3) is 0 Å². The van der Waals surface area contributed by atoms with Gasteiger partial charge in [-0.1, -0.05) is 13.8 Å². The first-order valence-electron chi connectivity index (χ1n) is 14.6. The van der Waals surface area contributed by atoms with Gasteiger partial charge in [-0.05, 0) is 131 Å². The molecule has 4 saturated carbocycles. The normalized spacial score (nSPS) is 52.5. The van der Waals surface area contributed by atoms with Crippen molar-refractivity contribution in [1.82, 2.24) is 0 Å². The largest absolute Gasteiger partial charge is 0.353 e. The first-order chi connectivity index (χ1) is 16.1.